The van der Waals surface area contributed by atoms with E-state index >= 15 is 0 Å². The van der Waals surface area contributed by atoms with Crippen LogP contribution in [0.3, 0.4) is 0 Å². The van der Waals surface area contributed by atoms with Gasteiger partial charge in [0.2, 0.25) is 0 Å². The molecule has 4 heteroatoms. The summed E-state index contributed by atoms with van der Waals surface area (Å²) in [5.41, 5.74) is 1.19. The molecule has 0 aliphatic carbocycles. The van der Waals surface area contributed by atoms with E-state index in [1.54, 1.807) is 0 Å². The molecule has 0 aliphatic rings. The van der Waals surface area contributed by atoms with E-state index in [4.69, 9.17) is 4.74 Å². The summed E-state index contributed by atoms with van der Waals surface area (Å²) in [5.74, 6) is 3.35. The number of ether oxygens (including phenoxy) is 1. The molecular weight excluding hydrogens is 352 g/mol. The van der Waals surface area contributed by atoms with Crippen molar-refractivity contribution >= 4 is 43.6 Å². The summed E-state index contributed by atoms with van der Waals surface area (Å²) in [6.45, 7) is 2.98. The highest BCUT2D eigenvalue weighted by Gasteiger charge is 2.03. The molecule has 1 aromatic carbocycles. The average Bonchev–Trinajstić information content (AvgIpc) is 2.30. The lowest BCUT2D eigenvalue weighted by atomic mass is 10.2. The van der Waals surface area contributed by atoms with Crippen molar-refractivity contribution in [3.05, 3.63) is 28.2 Å². The SMILES string of the molecule is CCSCCCOc1ccc(Br)cc1CBr. The van der Waals surface area contributed by atoms with Crippen LogP contribution in [0, 0.1) is 0 Å². The van der Waals surface area contributed by atoms with Crippen molar-refractivity contribution in [1.82, 2.24) is 0 Å². The summed E-state index contributed by atoms with van der Waals surface area (Å²) in [6.07, 6.45) is 1.11. The fourth-order valence-electron chi connectivity index (χ4n) is 1.28. The van der Waals surface area contributed by atoms with Gasteiger partial charge >= 0.3 is 0 Å². The summed E-state index contributed by atoms with van der Waals surface area (Å²) < 4.78 is 6.86. The molecule has 90 valence electrons. The molecule has 0 N–H and O–H groups in total. The lowest BCUT2D eigenvalue weighted by Gasteiger charge is -2.10. The van der Waals surface area contributed by atoms with Crippen molar-refractivity contribution in [3.63, 3.8) is 0 Å². The van der Waals surface area contributed by atoms with Crippen LogP contribution in [0.25, 0.3) is 0 Å². The standard InChI is InChI=1S/C12H16Br2OS/c1-2-16-7-3-6-15-12-5-4-11(14)8-10(12)9-13/h4-5,8H,2-3,6-7,9H2,1H3. The first-order chi connectivity index (χ1) is 7.77. The first-order valence-electron chi connectivity index (χ1n) is 5.33. The minimum absolute atomic E-state index is 0.800. The Morgan fingerprint density at radius 1 is 1.38 bits per heavy atom. The molecule has 0 atom stereocenters. The highest BCUT2D eigenvalue weighted by molar-refractivity contribution is 9.10. The minimum Gasteiger partial charge on any atom is -0.493 e. The molecule has 0 amide bonds. The molecule has 1 rings (SSSR count). The molecule has 0 bridgehead atoms. The van der Waals surface area contributed by atoms with E-state index in [9.17, 15) is 0 Å². The Balaban J connectivity index is 2.41. The van der Waals surface area contributed by atoms with Crippen molar-refractivity contribution in [2.45, 2.75) is 18.7 Å². The van der Waals surface area contributed by atoms with Crippen LogP contribution in [0.1, 0.15) is 18.9 Å². The van der Waals surface area contributed by atoms with Gasteiger partial charge in [0.05, 0.1) is 6.61 Å². The normalized spacial score (nSPS) is 10.4. The highest BCUT2D eigenvalue weighted by Crippen LogP contribution is 2.25. The van der Waals surface area contributed by atoms with E-state index in [0.717, 1.165) is 28.6 Å². The van der Waals surface area contributed by atoms with E-state index in [1.165, 1.54) is 17.1 Å². The first kappa shape index (κ1) is 14.4. The maximum atomic E-state index is 5.77. The fraction of sp³-hybridized carbons (Fsp3) is 0.500. The Morgan fingerprint density at radius 3 is 2.88 bits per heavy atom. The molecule has 0 aromatic heterocycles. The Morgan fingerprint density at radius 2 is 2.19 bits per heavy atom. The molecule has 0 saturated heterocycles. The summed E-state index contributed by atoms with van der Waals surface area (Å²) >= 11 is 8.89. The van der Waals surface area contributed by atoms with Crippen molar-refractivity contribution in [3.8, 4) is 5.75 Å². The number of halogens is 2. The van der Waals surface area contributed by atoms with Crippen LogP contribution in [-0.4, -0.2) is 18.1 Å². The molecule has 0 aliphatic heterocycles. The van der Waals surface area contributed by atoms with Crippen LogP contribution < -0.4 is 4.74 Å². The summed E-state index contributed by atoms with van der Waals surface area (Å²) in [5, 5.41) is 0.825. The second-order valence-corrected chi connectivity index (χ2v) is 6.15. The lowest BCUT2D eigenvalue weighted by Crippen LogP contribution is -2.00. The topological polar surface area (TPSA) is 9.23 Å². The van der Waals surface area contributed by atoms with Gasteiger partial charge in [0.25, 0.3) is 0 Å². The zero-order chi connectivity index (χ0) is 11.8. The Labute approximate surface area is 119 Å². The van der Waals surface area contributed by atoms with Crippen molar-refractivity contribution in [1.29, 1.82) is 0 Å². The van der Waals surface area contributed by atoms with Crippen molar-refractivity contribution in [2.75, 3.05) is 18.1 Å². The predicted molar refractivity (Wildman–Crippen MR) is 79.9 cm³/mol. The first-order valence-corrected chi connectivity index (χ1v) is 8.39. The Kier molecular flexibility index (Phi) is 7.58. The van der Waals surface area contributed by atoms with E-state index in [2.05, 4.69) is 44.8 Å². The largest absolute Gasteiger partial charge is 0.493 e. The smallest absolute Gasteiger partial charge is 0.123 e. The lowest BCUT2D eigenvalue weighted by molar-refractivity contribution is 0.316. The maximum absolute atomic E-state index is 5.77. The van der Waals surface area contributed by atoms with Crippen LogP contribution in [0.15, 0.2) is 22.7 Å². The Hall–Kier alpha value is 0.330. The summed E-state index contributed by atoms with van der Waals surface area (Å²) in [4.78, 5) is 0. The average molecular weight is 368 g/mol. The molecule has 0 radical (unpaired) electrons. The second kappa shape index (κ2) is 8.43. The van der Waals surface area contributed by atoms with Crippen molar-refractivity contribution < 1.29 is 4.74 Å². The number of benzene rings is 1. The molecule has 1 nitrogen and oxygen atoms in total. The van der Waals surface area contributed by atoms with Gasteiger partial charge in [-0.2, -0.15) is 11.8 Å². The third kappa shape index (κ3) is 5.11. The van der Waals surface area contributed by atoms with Crippen LogP contribution in [-0.2, 0) is 5.33 Å². The van der Waals surface area contributed by atoms with Crippen LogP contribution in [0.4, 0.5) is 0 Å². The van der Waals surface area contributed by atoms with E-state index in [-0.39, 0.29) is 0 Å². The molecule has 0 heterocycles. The number of alkyl halides is 1. The summed E-state index contributed by atoms with van der Waals surface area (Å²) in [6, 6.07) is 6.13. The molecular formula is C12H16Br2OS. The number of rotatable bonds is 7. The van der Waals surface area contributed by atoms with Crippen molar-refractivity contribution in [2.24, 2.45) is 0 Å². The van der Waals surface area contributed by atoms with Gasteiger partial charge in [0.15, 0.2) is 0 Å². The molecule has 0 fully saturated rings. The minimum atomic E-state index is 0.800. The predicted octanol–water partition coefficient (Wildman–Crippen LogP) is 4.87. The third-order valence-corrected chi connectivity index (χ3v) is 4.14. The van der Waals surface area contributed by atoms with Crippen LogP contribution in [0.5, 0.6) is 5.75 Å². The zero-order valence-electron chi connectivity index (χ0n) is 9.34. The fourth-order valence-corrected chi connectivity index (χ4v) is 2.74. The van der Waals surface area contributed by atoms with E-state index in [0.29, 0.717) is 0 Å². The van der Waals surface area contributed by atoms with Gasteiger partial charge < -0.3 is 4.74 Å². The molecule has 0 spiro atoms. The monoisotopic (exact) mass is 366 g/mol. The summed E-state index contributed by atoms with van der Waals surface area (Å²) in [7, 11) is 0. The van der Waals surface area contributed by atoms with Gasteiger partial charge in [0.1, 0.15) is 5.75 Å². The van der Waals surface area contributed by atoms with Gasteiger partial charge in [0, 0.05) is 15.4 Å². The van der Waals surface area contributed by atoms with Gasteiger partial charge in [-0.1, -0.05) is 38.8 Å². The maximum Gasteiger partial charge on any atom is 0.123 e. The van der Waals surface area contributed by atoms with E-state index < -0.39 is 0 Å². The highest BCUT2D eigenvalue weighted by atomic mass is 79.9. The zero-order valence-corrected chi connectivity index (χ0v) is 13.3. The van der Waals surface area contributed by atoms with Gasteiger partial charge in [-0.25, -0.2) is 0 Å². The third-order valence-electron chi connectivity index (χ3n) is 2.06. The second-order valence-electron chi connectivity index (χ2n) is 3.28. The van der Waals surface area contributed by atoms with E-state index in [1.807, 2.05) is 23.9 Å². The van der Waals surface area contributed by atoms with Crippen LogP contribution >= 0.6 is 43.6 Å². The van der Waals surface area contributed by atoms with Gasteiger partial charge in [-0.3, -0.25) is 0 Å². The quantitative estimate of drug-likeness (QED) is 0.502. The van der Waals surface area contributed by atoms with Gasteiger partial charge in [-0.05, 0) is 36.1 Å². The number of hydrogen-bond donors (Lipinski definition) is 0. The van der Waals surface area contributed by atoms with Gasteiger partial charge in [-0.15, -0.1) is 0 Å². The molecule has 0 saturated carbocycles. The molecule has 0 unspecified atom stereocenters. The number of thioether (sulfide) groups is 1. The Bertz CT molecular complexity index is 318. The van der Waals surface area contributed by atoms with Crippen LogP contribution in [0.2, 0.25) is 0 Å². The molecule has 16 heavy (non-hydrogen) atoms. The molecule has 1 aromatic rings. The number of hydrogen-bond acceptors (Lipinski definition) is 2.